The Balaban J connectivity index is 2.13. The molecular formula is C21H36N5O9P. The Hall–Kier alpha value is -2.16. The molecule has 1 aliphatic rings. The van der Waals surface area contributed by atoms with Gasteiger partial charge in [-0.3, -0.25) is 28.2 Å². The lowest BCUT2D eigenvalue weighted by Gasteiger charge is -2.21. The Morgan fingerprint density at radius 3 is 2.81 bits per heavy atom. The first-order valence-corrected chi connectivity index (χ1v) is 13.0. The van der Waals surface area contributed by atoms with E-state index in [2.05, 4.69) is 14.8 Å². The van der Waals surface area contributed by atoms with E-state index < -0.39 is 43.4 Å². The van der Waals surface area contributed by atoms with Gasteiger partial charge in [-0.25, -0.2) is 9.36 Å². The fraction of sp³-hybridized carbons (Fsp3) is 0.667. The lowest BCUT2D eigenvalue weighted by Crippen LogP contribution is -2.35. The Morgan fingerprint density at radius 1 is 1.44 bits per heavy atom. The fourth-order valence-electron chi connectivity index (χ4n) is 3.49. The molecule has 15 heteroatoms. The number of carbonyl (C=O) groups excluding carboxylic acids is 1. The lowest BCUT2D eigenvalue weighted by atomic mass is 10.2. The number of hydrogen-bond acceptors (Lipinski definition) is 10. The lowest BCUT2D eigenvalue weighted by molar-refractivity contribution is -0.116. The summed E-state index contributed by atoms with van der Waals surface area (Å²) in [6.45, 7) is 5.54. The molecule has 36 heavy (non-hydrogen) atoms. The van der Waals surface area contributed by atoms with Crippen molar-refractivity contribution >= 4 is 19.8 Å². The van der Waals surface area contributed by atoms with Gasteiger partial charge in [-0.1, -0.05) is 0 Å². The molecule has 5 N–H and O–H groups in total. The van der Waals surface area contributed by atoms with Crippen LogP contribution in [0.3, 0.4) is 0 Å². The van der Waals surface area contributed by atoms with E-state index in [0.29, 0.717) is 26.2 Å². The summed E-state index contributed by atoms with van der Waals surface area (Å²) in [7, 11) is -1.32. The van der Waals surface area contributed by atoms with Crippen LogP contribution < -0.4 is 22.3 Å². The summed E-state index contributed by atoms with van der Waals surface area (Å²) in [5.74, 6) is -0.403. The number of carbonyl (C=O) groups is 1. The van der Waals surface area contributed by atoms with Crippen LogP contribution in [0.15, 0.2) is 21.9 Å². The van der Waals surface area contributed by atoms with E-state index >= 15 is 0 Å². The number of amides is 1. The molecule has 1 amide bonds. The van der Waals surface area contributed by atoms with Crippen molar-refractivity contribution < 1.29 is 32.8 Å². The number of nitrogens with zero attached hydrogens (tertiary/aromatic N) is 2. The first-order valence-electron chi connectivity index (χ1n) is 11.5. The Bertz CT molecular complexity index is 1060. The summed E-state index contributed by atoms with van der Waals surface area (Å²) in [4.78, 5) is 50.6. The Morgan fingerprint density at radius 2 is 2.17 bits per heavy atom. The second-order valence-corrected chi connectivity index (χ2v) is 10.1. The predicted octanol–water partition coefficient (Wildman–Crippen LogP) is -0.599. The van der Waals surface area contributed by atoms with Crippen molar-refractivity contribution in [2.45, 2.75) is 44.8 Å². The molecule has 14 nitrogen and oxygen atoms in total. The van der Waals surface area contributed by atoms with Crippen LogP contribution in [0.5, 0.6) is 0 Å². The Labute approximate surface area is 209 Å². The highest BCUT2D eigenvalue weighted by Gasteiger charge is 2.39. The van der Waals surface area contributed by atoms with Gasteiger partial charge in [0.25, 0.3) is 5.56 Å². The molecule has 0 saturated carbocycles. The molecule has 1 aliphatic heterocycles. The van der Waals surface area contributed by atoms with Crippen molar-refractivity contribution in [3.05, 3.63) is 38.7 Å². The van der Waals surface area contributed by atoms with Gasteiger partial charge in [-0.05, 0) is 27.0 Å². The molecule has 0 bridgehead atoms. The van der Waals surface area contributed by atoms with E-state index in [-0.39, 0.29) is 24.7 Å². The zero-order valence-electron chi connectivity index (χ0n) is 20.9. The highest BCUT2D eigenvalue weighted by atomic mass is 31.2. The number of aromatic nitrogens is 2. The van der Waals surface area contributed by atoms with Gasteiger partial charge >= 0.3 is 13.5 Å². The van der Waals surface area contributed by atoms with Crippen molar-refractivity contribution in [2.75, 3.05) is 46.9 Å². The van der Waals surface area contributed by atoms with Crippen LogP contribution in [-0.4, -0.2) is 90.5 Å². The van der Waals surface area contributed by atoms with Crippen molar-refractivity contribution in [2.24, 2.45) is 5.73 Å². The number of phosphoric ester groups is 1. The maximum Gasteiger partial charge on any atom is 0.472 e. The van der Waals surface area contributed by atoms with E-state index in [4.69, 9.17) is 19.7 Å². The number of likely N-dealkylation sites (N-methyl/N-ethyl adjacent to an activating group) is 1. The fourth-order valence-corrected chi connectivity index (χ4v) is 3.94. The van der Waals surface area contributed by atoms with Crippen molar-refractivity contribution in [3.8, 4) is 0 Å². The Kier molecular flexibility index (Phi) is 11.7. The summed E-state index contributed by atoms with van der Waals surface area (Å²) in [5, 5.41) is 2.71. The second-order valence-electron chi connectivity index (χ2n) is 8.50. The molecule has 1 fully saturated rings. The molecule has 1 aromatic rings. The topological polar surface area (TPSA) is 187 Å². The first-order chi connectivity index (χ1) is 17.0. The number of phosphoric acid groups is 1. The number of hydrogen-bond donors (Lipinski definition) is 4. The number of rotatable bonds is 14. The van der Waals surface area contributed by atoms with Gasteiger partial charge in [0.05, 0.1) is 24.4 Å². The zero-order chi connectivity index (χ0) is 26.9. The summed E-state index contributed by atoms with van der Waals surface area (Å²) in [6.07, 6.45) is 1.60. The van der Waals surface area contributed by atoms with Crippen LogP contribution in [0.25, 0.3) is 6.08 Å². The quantitative estimate of drug-likeness (QED) is 0.177. The molecule has 0 radical (unpaired) electrons. The molecule has 4 atom stereocenters. The van der Waals surface area contributed by atoms with Crippen molar-refractivity contribution in [3.63, 3.8) is 0 Å². The van der Waals surface area contributed by atoms with Gasteiger partial charge < -0.3 is 30.3 Å². The smallest absolute Gasteiger partial charge is 0.373 e. The van der Waals surface area contributed by atoms with Gasteiger partial charge in [0.15, 0.2) is 0 Å². The number of H-pyrrole nitrogens is 1. The highest BCUT2D eigenvalue weighted by Crippen LogP contribution is 2.43. The molecular weight excluding hydrogens is 497 g/mol. The average Bonchev–Trinajstić information content (AvgIpc) is 3.19. The van der Waals surface area contributed by atoms with E-state index in [1.165, 1.54) is 22.9 Å². The minimum Gasteiger partial charge on any atom is -0.373 e. The number of nitrogens with two attached hydrogens (primary N) is 1. The van der Waals surface area contributed by atoms with Crippen LogP contribution >= 0.6 is 7.82 Å². The third-order valence-electron chi connectivity index (χ3n) is 5.28. The van der Waals surface area contributed by atoms with Gasteiger partial charge in [-0.2, -0.15) is 0 Å². The summed E-state index contributed by atoms with van der Waals surface area (Å²) in [5.41, 5.74) is 4.16. The molecule has 1 aromatic heterocycles. The minimum absolute atomic E-state index is 0.0638. The normalized spacial score (nSPS) is 21.9. The average molecular weight is 534 g/mol. The first kappa shape index (κ1) is 30.1. The molecule has 2 rings (SSSR count). The maximum absolute atomic E-state index is 12.5. The predicted molar refractivity (Wildman–Crippen MR) is 131 cm³/mol. The molecule has 1 saturated heterocycles. The van der Waals surface area contributed by atoms with Gasteiger partial charge in [0, 0.05) is 52.0 Å². The van der Waals surface area contributed by atoms with Crippen molar-refractivity contribution in [1.29, 1.82) is 0 Å². The van der Waals surface area contributed by atoms with Crippen LogP contribution in [-0.2, 0) is 27.9 Å². The van der Waals surface area contributed by atoms with Gasteiger partial charge in [0.2, 0.25) is 5.91 Å². The van der Waals surface area contributed by atoms with E-state index in [9.17, 15) is 23.8 Å². The van der Waals surface area contributed by atoms with Crippen LogP contribution in [0.2, 0.25) is 0 Å². The summed E-state index contributed by atoms with van der Waals surface area (Å²) >= 11 is 0. The highest BCUT2D eigenvalue weighted by molar-refractivity contribution is 7.47. The van der Waals surface area contributed by atoms with Crippen LogP contribution in [0, 0.1) is 0 Å². The van der Waals surface area contributed by atoms with Gasteiger partial charge in [-0.15, -0.1) is 0 Å². The molecule has 0 spiro atoms. The standard InChI is InChI=1S/C21H36N5O9P/c1-14(2)34-16-11-19(35-17(16)13-33-36(30,31)32-4)26-12-15(20(28)24-21(26)29)5-6-18(27)23-8-10-25(3)9-7-22/h5-6,12,14,16-17,19H,7-11,13,22H2,1-4H3,(H,23,27)(H,30,31)(H,24,28,29)/b6-5+. The minimum atomic E-state index is -4.25. The van der Waals surface area contributed by atoms with Gasteiger partial charge in [0.1, 0.15) is 12.3 Å². The van der Waals surface area contributed by atoms with Crippen LogP contribution in [0.4, 0.5) is 0 Å². The maximum atomic E-state index is 12.5. The summed E-state index contributed by atoms with van der Waals surface area (Å²) in [6, 6.07) is 0. The molecule has 4 unspecified atom stereocenters. The molecule has 0 aliphatic carbocycles. The van der Waals surface area contributed by atoms with E-state index in [0.717, 1.165) is 7.11 Å². The number of aromatic amines is 1. The second kappa shape index (κ2) is 14.0. The molecule has 0 aromatic carbocycles. The van der Waals surface area contributed by atoms with Crippen LogP contribution in [0.1, 0.15) is 32.1 Å². The number of nitrogens with one attached hydrogen (secondary N) is 2. The van der Waals surface area contributed by atoms with E-state index in [1.54, 1.807) is 0 Å². The third kappa shape index (κ3) is 9.37. The largest absolute Gasteiger partial charge is 0.472 e. The third-order valence-corrected chi connectivity index (χ3v) is 6.22. The summed E-state index contributed by atoms with van der Waals surface area (Å²) < 4.78 is 33.9. The molecule has 204 valence electrons. The molecule has 2 heterocycles. The zero-order valence-corrected chi connectivity index (χ0v) is 21.8. The van der Waals surface area contributed by atoms with E-state index in [1.807, 2.05) is 25.8 Å². The monoisotopic (exact) mass is 533 g/mol. The van der Waals surface area contributed by atoms with Crippen molar-refractivity contribution in [1.82, 2.24) is 19.8 Å². The number of ether oxygens (including phenoxy) is 2. The SMILES string of the molecule is COP(=O)(O)OCC1OC(n2cc(/C=C/C(=O)NCCN(C)CCN)c(=O)[nH]c2=O)CC1OC(C)C.